The summed E-state index contributed by atoms with van der Waals surface area (Å²) in [6.45, 7) is 2.16. The van der Waals surface area contributed by atoms with Crippen molar-refractivity contribution < 1.29 is 9.18 Å². The molecule has 144 valence electrons. The smallest absolute Gasteiger partial charge is 0.267 e. The second-order valence-electron chi connectivity index (χ2n) is 7.40. The first-order valence-electron chi connectivity index (χ1n) is 9.24. The van der Waals surface area contributed by atoms with Crippen LogP contribution < -0.4 is 10.2 Å². The molecular weight excluding hydrogens is 383 g/mol. The molecule has 1 amide bonds. The van der Waals surface area contributed by atoms with Gasteiger partial charge in [-0.2, -0.15) is 4.98 Å². The molecule has 2 N–H and O–H groups in total. The summed E-state index contributed by atoms with van der Waals surface area (Å²) in [5.74, 6) is 1.33. The SMILES string of the molecule is O=C(NCC[C@@H]1[C@H]2CN(c3nc(Cl)ncc3F)C[C@@H]12)c1cc2cnccc2[nH]1. The molecular formula is C19H18ClFN6O. The molecule has 3 aromatic rings. The van der Waals surface area contributed by atoms with Gasteiger partial charge < -0.3 is 15.2 Å². The van der Waals surface area contributed by atoms with E-state index in [2.05, 4.69) is 25.3 Å². The van der Waals surface area contributed by atoms with Crippen LogP contribution in [0, 0.1) is 23.6 Å². The quantitative estimate of drug-likeness (QED) is 0.643. The Morgan fingerprint density at radius 1 is 1.36 bits per heavy atom. The third-order valence-electron chi connectivity index (χ3n) is 5.80. The molecule has 4 heterocycles. The van der Waals surface area contributed by atoms with E-state index in [0.717, 1.165) is 36.6 Å². The fourth-order valence-corrected chi connectivity index (χ4v) is 4.48. The van der Waals surface area contributed by atoms with Crippen LogP contribution in [-0.4, -0.2) is 45.5 Å². The van der Waals surface area contributed by atoms with Gasteiger partial charge in [0.15, 0.2) is 11.6 Å². The maximum Gasteiger partial charge on any atom is 0.267 e. The number of rotatable bonds is 5. The number of halogens is 2. The Kier molecular flexibility index (Phi) is 4.16. The summed E-state index contributed by atoms with van der Waals surface area (Å²) in [7, 11) is 0. The summed E-state index contributed by atoms with van der Waals surface area (Å²) >= 11 is 5.78. The summed E-state index contributed by atoms with van der Waals surface area (Å²) in [6, 6.07) is 3.65. The molecule has 5 rings (SSSR count). The highest BCUT2D eigenvalue weighted by Crippen LogP contribution is 2.54. The average molecular weight is 401 g/mol. The van der Waals surface area contributed by atoms with Gasteiger partial charge in [0.05, 0.1) is 6.20 Å². The summed E-state index contributed by atoms with van der Waals surface area (Å²) in [6.07, 6.45) is 5.45. The average Bonchev–Trinajstić information content (AvgIpc) is 3.05. The molecule has 3 atom stereocenters. The normalized spacial score (nSPS) is 23.1. The summed E-state index contributed by atoms with van der Waals surface area (Å²) in [5.41, 5.74) is 1.44. The zero-order valence-electron chi connectivity index (χ0n) is 14.9. The monoisotopic (exact) mass is 400 g/mol. The van der Waals surface area contributed by atoms with E-state index in [-0.39, 0.29) is 17.0 Å². The minimum absolute atomic E-state index is 0.0593. The van der Waals surface area contributed by atoms with Crippen LogP contribution in [0.1, 0.15) is 16.9 Å². The van der Waals surface area contributed by atoms with E-state index >= 15 is 0 Å². The van der Waals surface area contributed by atoms with E-state index in [1.165, 1.54) is 0 Å². The lowest BCUT2D eigenvalue weighted by atomic mass is 10.2. The number of aromatic nitrogens is 4. The van der Waals surface area contributed by atoms with Crippen molar-refractivity contribution >= 4 is 34.2 Å². The van der Waals surface area contributed by atoms with Gasteiger partial charge in [0, 0.05) is 42.9 Å². The standard InChI is InChI=1S/C19H18ClFN6O/c20-19-24-7-14(21)17(26-19)27-8-12-11(13(12)9-27)1-4-23-18(28)16-5-10-6-22-3-2-15(10)25-16/h2-3,5-7,11-13,25H,1,4,8-9H2,(H,23,28)/t11-,12-,13+. The molecule has 0 unspecified atom stereocenters. The second-order valence-corrected chi connectivity index (χ2v) is 7.74. The molecule has 1 saturated carbocycles. The molecule has 2 aliphatic rings. The molecule has 3 aromatic heterocycles. The predicted molar refractivity (Wildman–Crippen MR) is 103 cm³/mol. The van der Waals surface area contributed by atoms with Crippen molar-refractivity contribution in [1.29, 1.82) is 0 Å². The van der Waals surface area contributed by atoms with Gasteiger partial charge in [-0.05, 0) is 47.9 Å². The molecule has 1 aliphatic heterocycles. The lowest BCUT2D eigenvalue weighted by Gasteiger charge is -2.21. The van der Waals surface area contributed by atoms with Gasteiger partial charge in [-0.3, -0.25) is 9.78 Å². The number of carbonyl (C=O) groups is 1. The number of hydrogen-bond acceptors (Lipinski definition) is 5. The van der Waals surface area contributed by atoms with Gasteiger partial charge in [0.2, 0.25) is 5.28 Å². The first-order chi connectivity index (χ1) is 13.6. The van der Waals surface area contributed by atoms with E-state index in [1.807, 2.05) is 17.0 Å². The van der Waals surface area contributed by atoms with Crippen LogP contribution in [0.2, 0.25) is 5.28 Å². The number of nitrogens with one attached hydrogen (secondary N) is 2. The molecule has 0 bridgehead atoms. The molecule has 28 heavy (non-hydrogen) atoms. The van der Waals surface area contributed by atoms with Crippen molar-refractivity contribution in [2.75, 3.05) is 24.5 Å². The maximum atomic E-state index is 13.9. The van der Waals surface area contributed by atoms with Crippen molar-refractivity contribution in [3.63, 3.8) is 0 Å². The summed E-state index contributed by atoms with van der Waals surface area (Å²) < 4.78 is 13.9. The molecule has 0 radical (unpaired) electrons. The number of amides is 1. The van der Waals surface area contributed by atoms with Crippen LogP contribution in [0.4, 0.5) is 10.2 Å². The van der Waals surface area contributed by atoms with Gasteiger partial charge in [-0.1, -0.05) is 0 Å². The van der Waals surface area contributed by atoms with Crippen molar-refractivity contribution in [1.82, 2.24) is 25.3 Å². The Hall–Kier alpha value is -2.74. The lowest BCUT2D eigenvalue weighted by molar-refractivity contribution is 0.0948. The van der Waals surface area contributed by atoms with Crippen molar-refractivity contribution in [2.45, 2.75) is 6.42 Å². The minimum Gasteiger partial charge on any atom is -0.353 e. The molecule has 2 fully saturated rings. The fraction of sp³-hybridized carbons (Fsp3) is 0.368. The van der Waals surface area contributed by atoms with Crippen LogP contribution in [0.25, 0.3) is 10.9 Å². The molecule has 1 aliphatic carbocycles. The number of piperidine rings is 1. The van der Waals surface area contributed by atoms with Crippen LogP contribution in [0.5, 0.6) is 0 Å². The molecule has 1 saturated heterocycles. The zero-order valence-corrected chi connectivity index (χ0v) is 15.7. The van der Waals surface area contributed by atoms with Crippen molar-refractivity contribution in [3.05, 3.63) is 47.5 Å². The van der Waals surface area contributed by atoms with Gasteiger partial charge in [-0.15, -0.1) is 0 Å². The predicted octanol–water partition coefficient (Wildman–Crippen LogP) is 2.65. The van der Waals surface area contributed by atoms with Crippen LogP contribution >= 0.6 is 11.6 Å². The van der Waals surface area contributed by atoms with Crippen molar-refractivity contribution in [3.8, 4) is 0 Å². The first-order valence-corrected chi connectivity index (χ1v) is 9.62. The fourth-order valence-electron chi connectivity index (χ4n) is 4.35. The van der Waals surface area contributed by atoms with E-state index in [9.17, 15) is 9.18 Å². The van der Waals surface area contributed by atoms with Crippen LogP contribution in [-0.2, 0) is 0 Å². The van der Waals surface area contributed by atoms with Crippen molar-refractivity contribution in [2.24, 2.45) is 17.8 Å². The first kappa shape index (κ1) is 17.4. The Morgan fingerprint density at radius 2 is 2.18 bits per heavy atom. The summed E-state index contributed by atoms with van der Waals surface area (Å²) in [5, 5.41) is 3.96. The van der Waals surface area contributed by atoms with Gasteiger partial charge in [0.25, 0.3) is 5.91 Å². The number of carbonyl (C=O) groups excluding carboxylic acids is 1. The number of anilines is 1. The highest BCUT2D eigenvalue weighted by Gasteiger charge is 2.55. The summed E-state index contributed by atoms with van der Waals surface area (Å²) in [4.78, 5) is 29.1. The second kappa shape index (κ2) is 6.70. The van der Waals surface area contributed by atoms with E-state index in [0.29, 0.717) is 30.0 Å². The molecule has 0 aromatic carbocycles. The molecule has 7 nitrogen and oxygen atoms in total. The highest BCUT2D eigenvalue weighted by molar-refractivity contribution is 6.28. The Labute approximate surface area is 165 Å². The Bertz CT molecular complexity index is 1010. The third-order valence-corrected chi connectivity index (χ3v) is 5.98. The van der Waals surface area contributed by atoms with Crippen LogP contribution in [0.15, 0.2) is 30.7 Å². The number of pyridine rings is 1. The van der Waals surface area contributed by atoms with Gasteiger partial charge in [0.1, 0.15) is 5.69 Å². The maximum absolute atomic E-state index is 13.9. The third kappa shape index (κ3) is 3.07. The lowest BCUT2D eigenvalue weighted by Crippen LogP contribution is -2.28. The molecule has 9 heteroatoms. The van der Waals surface area contributed by atoms with E-state index < -0.39 is 5.82 Å². The van der Waals surface area contributed by atoms with E-state index in [4.69, 9.17) is 11.6 Å². The Morgan fingerprint density at radius 3 is 2.96 bits per heavy atom. The largest absolute Gasteiger partial charge is 0.353 e. The number of hydrogen-bond donors (Lipinski definition) is 2. The minimum atomic E-state index is -0.442. The number of nitrogens with zero attached hydrogens (tertiary/aromatic N) is 4. The van der Waals surface area contributed by atoms with E-state index in [1.54, 1.807) is 12.4 Å². The van der Waals surface area contributed by atoms with Crippen LogP contribution in [0.3, 0.4) is 0 Å². The zero-order chi connectivity index (χ0) is 19.3. The topological polar surface area (TPSA) is 86.8 Å². The number of fused-ring (bicyclic) bond motifs is 2. The van der Waals surface area contributed by atoms with Gasteiger partial charge >= 0.3 is 0 Å². The molecule has 0 spiro atoms. The number of aromatic amines is 1. The Balaban J connectivity index is 1.12. The van der Waals surface area contributed by atoms with Gasteiger partial charge in [-0.25, -0.2) is 9.37 Å². The number of H-pyrrole nitrogens is 1. The highest BCUT2D eigenvalue weighted by atomic mass is 35.5.